The van der Waals surface area contributed by atoms with E-state index in [0.717, 1.165) is 5.52 Å². The Hall–Kier alpha value is -3.42. The summed E-state index contributed by atoms with van der Waals surface area (Å²) in [4.78, 5) is 17.4. The number of benzene rings is 2. The molecule has 10 heteroatoms. The SMILES string of the molecule is CCOc1cc(C#N)ccc1OC(=O)CCc1nc2cc(S(=O)(=O)N(CC)CC)ccc2n1CC. The second kappa shape index (κ2) is 11.3. The van der Waals surface area contributed by atoms with Crippen molar-refractivity contribution < 1.29 is 22.7 Å². The molecule has 9 nitrogen and oxygen atoms in total. The maximum Gasteiger partial charge on any atom is 0.311 e. The number of sulfonamides is 1. The van der Waals surface area contributed by atoms with Crippen molar-refractivity contribution in [3.8, 4) is 17.6 Å². The van der Waals surface area contributed by atoms with Crippen molar-refractivity contribution in [2.24, 2.45) is 0 Å². The van der Waals surface area contributed by atoms with Crippen molar-refractivity contribution in [3.63, 3.8) is 0 Å². The molecule has 186 valence electrons. The number of nitrogens with zero attached hydrogens (tertiary/aromatic N) is 4. The normalized spacial score (nSPS) is 11.5. The molecule has 0 amide bonds. The first-order valence-corrected chi connectivity index (χ1v) is 13.1. The minimum atomic E-state index is -3.60. The van der Waals surface area contributed by atoms with E-state index in [-0.39, 0.29) is 17.1 Å². The monoisotopic (exact) mass is 498 g/mol. The fourth-order valence-corrected chi connectivity index (χ4v) is 5.37. The van der Waals surface area contributed by atoms with E-state index in [1.54, 1.807) is 51.1 Å². The van der Waals surface area contributed by atoms with Crippen molar-refractivity contribution in [2.75, 3.05) is 19.7 Å². The van der Waals surface area contributed by atoms with E-state index < -0.39 is 16.0 Å². The number of hydrogen-bond acceptors (Lipinski definition) is 7. The standard InChI is InChI=1S/C25H30N4O5S/c1-5-28(6-2)35(31,32)19-10-11-21-20(16-19)27-24(29(21)7-3)13-14-25(30)34-22-12-9-18(17-26)15-23(22)33-8-4/h9-12,15-16H,5-8,13-14H2,1-4H3. The van der Waals surface area contributed by atoms with Gasteiger partial charge in [0, 0.05) is 32.1 Å². The van der Waals surface area contributed by atoms with E-state index in [1.807, 2.05) is 17.6 Å². The molecule has 0 spiro atoms. The molecule has 3 rings (SSSR count). The summed E-state index contributed by atoms with van der Waals surface area (Å²) < 4.78 is 40.2. The highest BCUT2D eigenvalue weighted by molar-refractivity contribution is 7.89. The fraction of sp³-hybridized carbons (Fsp3) is 0.400. The van der Waals surface area contributed by atoms with E-state index in [1.165, 1.54) is 10.4 Å². The highest BCUT2D eigenvalue weighted by Gasteiger charge is 2.23. The zero-order chi connectivity index (χ0) is 25.6. The van der Waals surface area contributed by atoms with Crippen LogP contribution in [0.5, 0.6) is 11.5 Å². The number of rotatable bonds is 11. The molecule has 0 N–H and O–H groups in total. The van der Waals surface area contributed by atoms with Crippen LogP contribution in [0.4, 0.5) is 0 Å². The maximum atomic E-state index is 12.9. The van der Waals surface area contributed by atoms with Gasteiger partial charge in [-0.15, -0.1) is 0 Å². The molecular formula is C25H30N4O5S. The number of fused-ring (bicyclic) bond motifs is 1. The van der Waals surface area contributed by atoms with Crippen molar-refractivity contribution in [1.29, 1.82) is 5.26 Å². The predicted molar refractivity (Wildman–Crippen MR) is 132 cm³/mol. The van der Waals surface area contributed by atoms with E-state index in [9.17, 15) is 13.2 Å². The zero-order valence-corrected chi connectivity index (χ0v) is 21.3. The number of carbonyl (C=O) groups excluding carboxylic acids is 1. The molecule has 0 aliphatic rings. The molecule has 0 saturated carbocycles. The third kappa shape index (κ3) is 5.63. The number of imidazole rings is 1. The summed E-state index contributed by atoms with van der Waals surface area (Å²) >= 11 is 0. The Morgan fingerprint density at radius 3 is 2.46 bits per heavy atom. The third-order valence-corrected chi connectivity index (χ3v) is 7.65. The van der Waals surface area contributed by atoms with Gasteiger partial charge in [0.25, 0.3) is 0 Å². The van der Waals surface area contributed by atoms with Crippen LogP contribution in [-0.4, -0.2) is 47.9 Å². The summed E-state index contributed by atoms with van der Waals surface area (Å²) in [6, 6.07) is 11.6. The topological polar surface area (TPSA) is 115 Å². The lowest BCUT2D eigenvalue weighted by molar-refractivity contribution is -0.134. The summed E-state index contributed by atoms with van der Waals surface area (Å²) in [7, 11) is -3.60. The number of aromatic nitrogens is 2. The van der Waals surface area contributed by atoms with Crippen LogP contribution in [0.3, 0.4) is 0 Å². The van der Waals surface area contributed by atoms with E-state index in [4.69, 9.17) is 14.7 Å². The molecule has 1 heterocycles. The Morgan fingerprint density at radius 1 is 1.09 bits per heavy atom. The smallest absolute Gasteiger partial charge is 0.311 e. The van der Waals surface area contributed by atoms with Crippen molar-refractivity contribution >= 4 is 27.0 Å². The van der Waals surface area contributed by atoms with Crippen molar-refractivity contribution in [2.45, 2.75) is 52.0 Å². The highest BCUT2D eigenvalue weighted by atomic mass is 32.2. The molecule has 0 unspecified atom stereocenters. The number of esters is 1. The number of aryl methyl sites for hydroxylation is 2. The minimum absolute atomic E-state index is 0.0689. The number of nitriles is 1. The Balaban J connectivity index is 1.81. The third-order valence-electron chi connectivity index (χ3n) is 5.61. The van der Waals surface area contributed by atoms with Gasteiger partial charge in [0.15, 0.2) is 11.5 Å². The van der Waals surface area contributed by atoms with Crippen LogP contribution in [0.25, 0.3) is 11.0 Å². The van der Waals surface area contributed by atoms with Crippen LogP contribution in [-0.2, 0) is 27.8 Å². The molecule has 0 radical (unpaired) electrons. The van der Waals surface area contributed by atoms with Crippen molar-refractivity contribution in [3.05, 3.63) is 47.8 Å². The molecule has 0 saturated heterocycles. The fourth-order valence-electron chi connectivity index (χ4n) is 3.89. The Morgan fingerprint density at radius 2 is 1.83 bits per heavy atom. The lowest BCUT2D eigenvalue weighted by Crippen LogP contribution is -2.30. The lowest BCUT2D eigenvalue weighted by Gasteiger charge is -2.18. The quantitative estimate of drug-likeness (QED) is 0.291. The van der Waals surface area contributed by atoms with Crippen LogP contribution < -0.4 is 9.47 Å². The molecule has 0 aliphatic carbocycles. The zero-order valence-electron chi connectivity index (χ0n) is 20.4. The average Bonchev–Trinajstić information content (AvgIpc) is 3.21. The molecule has 0 atom stereocenters. The van der Waals surface area contributed by atoms with E-state index in [0.29, 0.717) is 55.3 Å². The summed E-state index contributed by atoms with van der Waals surface area (Å²) in [6.45, 7) is 9.14. The maximum absolute atomic E-state index is 12.9. The van der Waals surface area contributed by atoms with Gasteiger partial charge in [-0.25, -0.2) is 13.4 Å². The van der Waals surface area contributed by atoms with Crippen LogP contribution >= 0.6 is 0 Å². The second-order valence-electron chi connectivity index (χ2n) is 7.69. The summed E-state index contributed by atoms with van der Waals surface area (Å²) in [6.07, 6.45) is 0.388. The predicted octanol–water partition coefficient (Wildman–Crippen LogP) is 3.90. The van der Waals surface area contributed by atoms with Crippen LogP contribution in [0.1, 0.15) is 45.5 Å². The molecule has 3 aromatic rings. The van der Waals surface area contributed by atoms with Gasteiger partial charge in [0.1, 0.15) is 5.82 Å². The largest absolute Gasteiger partial charge is 0.490 e. The molecule has 0 aliphatic heterocycles. The highest BCUT2D eigenvalue weighted by Crippen LogP contribution is 2.29. The average molecular weight is 499 g/mol. The Labute approximate surface area is 205 Å². The minimum Gasteiger partial charge on any atom is -0.490 e. The molecule has 2 aromatic carbocycles. The lowest BCUT2D eigenvalue weighted by atomic mass is 10.2. The molecular weight excluding hydrogens is 468 g/mol. The van der Waals surface area contributed by atoms with Crippen LogP contribution in [0, 0.1) is 11.3 Å². The first kappa shape index (κ1) is 26.2. The first-order valence-electron chi connectivity index (χ1n) is 11.7. The van der Waals surface area contributed by atoms with Gasteiger partial charge < -0.3 is 14.0 Å². The van der Waals surface area contributed by atoms with Gasteiger partial charge in [-0.3, -0.25) is 4.79 Å². The number of ether oxygens (including phenoxy) is 2. The van der Waals surface area contributed by atoms with E-state index in [2.05, 4.69) is 4.98 Å². The first-order chi connectivity index (χ1) is 16.8. The number of carbonyl (C=O) groups is 1. The molecule has 0 bridgehead atoms. The Kier molecular flexibility index (Phi) is 8.48. The molecule has 0 fully saturated rings. The summed E-state index contributed by atoms with van der Waals surface area (Å²) in [5.74, 6) is 0.797. The van der Waals surface area contributed by atoms with Gasteiger partial charge in [0.05, 0.1) is 40.6 Å². The Bertz CT molecular complexity index is 1350. The molecule has 1 aromatic heterocycles. The number of hydrogen-bond donors (Lipinski definition) is 0. The van der Waals surface area contributed by atoms with Crippen molar-refractivity contribution in [1.82, 2.24) is 13.9 Å². The van der Waals surface area contributed by atoms with Gasteiger partial charge >= 0.3 is 5.97 Å². The second-order valence-corrected chi connectivity index (χ2v) is 9.63. The van der Waals surface area contributed by atoms with E-state index >= 15 is 0 Å². The van der Waals surface area contributed by atoms with Gasteiger partial charge in [-0.2, -0.15) is 9.57 Å². The van der Waals surface area contributed by atoms with Gasteiger partial charge in [0.2, 0.25) is 10.0 Å². The summed E-state index contributed by atoms with van der Waals surface area (Å²) in [5, 5.41) is 9.08. The van der Waals surface area contributed by atoms with Crippen LogP contribution in [0.2, 0.25) is 0 Å². The van der Waals surface area contributed by atoms with Gasteiger partial charge in [-0.05, 0) is 44.2 Å². The van der Waals surface area contributed by atoms with Crippen LogP contribution in [0.15, 0.2) is 41.3 Å². The summed E-state index contributed by atoms with van der Waals surface area (Å²) in [5.41, 5.74) is 1.78. The van der Waals surface area contributed by atoms with Gasteiger partial charge in [-0.1, -0.05) is 13.8 Å². The molecule has 35 heavy (non-hydrogen) atoms.